The number of unbranched alkanes of at least 4 members (excludes halogenated alkanes) is 33. The number of carbonyl (C=O) groups is 3. The second-order valence-corrected chi connectivity index (χ2v) is 27.6. The molecule has 0 aliphatic carbocycles. The summed E-state index contributed by atoms with van der Waals surface area (Å²) < 4.78 is 76.7. The molecule has 0 spiro atoms. The number of hydrogen-bond acceptors (Lipinski definition) is 15. The number of phosphoric acid groups is 1. The fraction of sp³-hybridized carbons (Fsp3) is 0.957. The second-order valence-electron chi connectivity index (χ2n) is 26.4. The zero-order valence-corrected chi connectivity index (χ0v) is 59.0. The number of halogens is 1. The Morgan fingerprint density at radius 3 is 1.37 bits per heavy atom. The molecule has 0 aromatic rings. The van der Waals surface area contributed by atoms with Gasteiger partial charge in [0, 0.05) is 26.7 Å². The summed E-state index contributed by atoms with van der Waals surface area (Å²) in [5, 5.41) is 49.6. The molecule has 2 rings (SSSR count). The van der Waals surface area contributed by atoms with Crippen molar-refractivity contribution in [2.75, 3.05) is 39.7 Å². The summed E-state index contributed by atoms with van der Waals surface area (Å²) in [6, 6.07) is -2.74. The molecule has 8 N–H and O–H groups in total. The molecular formula is C70H134FN2O18P. The number of carboxylic acids is 1. The lowest BCUT2D eigenvalue weighted by atomic mass is 9.95. The predicted octanol–water partition coefficient (Wildman–Crippen LogP) is 14.1. The van der Waals surface area contributed by atoms with Crippen LogP contribution in [0.4, 0.5) is 4.39 Å². The zero-order chi connectivity index (χ0) is 67.5. The predicted molar refractivity (Wildman–Crippen MR) is 358 cm³/mol. The van der Waals surface area contributed by atoms with Gasteiger partial charge in [-0.1, -0.05) is 259 Å². The summed E-state index contributed by atoms with van der Waals surface area (Å²) in [6.07, 6.45) is 29.2. The largest absolute Gasteiger partial charge is 0.480 e. The van der Waals surface area contributed by atoms with Gasteiger partial charge in [0.2, 0.25) is 11.8 Å². The summed E-state index contributed by atoms with van der Waals surface area (Å²) in [6.45, 7) is 7.58. The lowest BCUT2D eigenvalue weighted by Crippen LogP contribution is -2.67. The Morgan fingerprint density at radius 1 is 0.489 bits per heavy atom. The van der Waals surface area contributed by atoms with Crippen molar-refractivity contribution in [3.8, 4) is 0 Å². The summed E-state index contributed by atoms with van der Waals surface area (Å²) in [7, 11) is -5.35. The molecule has 13 atom stereocenters. The van der Waals surface area contributed by atoms with E-state index in [0.29, 0.717) is 32.3 Å². The number of hydrogen-bond donors (Lipinski definition) is 8. The number of phosphoric ester groups is 1. The van der Waals surface area contributed by atoms with E-state index in [1.54, 1.807) is 0 Å². The van der Waals surface area contributed by atoms with Crippen LogP contribution in [0.3, 0.4) is 0 Å². The van der Waals surface area contributed by atoms with Gasteiger partial charge < -0.3 is 74.0 Å². The van der Waals surface area contributed by atoms with Gasteiger partial charge in [0.25, 0.3) is 0 Å². The topological polar surface area (TPSA) is 288 Å². The fourth-order valence-corrected chi connectivity index (χ4v) is 13.1. The van der Waals surface area contributed by atoms with Gasteiger partial charge in [-0.15, -0.1) is 0 Å². The zero-order valence-electron chi connectivity index (χ0n) is 58.1. The van der Waals surface area contributed by atoms with E-state index in [2.05, 4.69) is 38.3 Å². The fourth-order valence-electron chi connectivity index (χ4n) is 12.5. The first kappa shape index (κ1) is 86.1. The Kier molecular flexibility index (Phi) is 52.4. The van der Waals surface area contributed by atoms with Crippen molar-refractivity contribution in [3.63, 3.8) is 0 Å². The molecule has 0 bridgehead atoms. The number of amides is 2. The number of aliphatic hydroxyl groups is 3. The molecule has 0 aromatic carbocycles. The third-order valence-corrected chi connectivity index (χ3v) is 18.4. The third-order valence-electron chi connectivity index (χ3n) is 17.9. The molecule has 2 saturated heterocycles. The molecule has 2 amide bonds. The van der Waals surface area contributed by atoms with Crippen molar-refractivity contribution in [2.24, 2.45) is 0 Å². The van der Waals surface area contributed by atoms with Gasteiger partial charge in [-0.05, 0) is 38.5 Å². The highest BCUT2D eigenvalue weighted by molar-refractivity contribution is 7.46. The van der Waals surface area contributed by atoms with E-state index in [4.69, 9.17) is 37.7 Å². The first-order valence-electron chi connectivity index (χ1n) is 37.0. The number of aliphatic hydroxyl groups excluding tert-OH is 3. The van der Waals surface area contributed by atoms with E-state index in [0.717, 1.165) is 96.3 Å². The van der Waals surface area contributed by atoms with Gasteiger partial charge in [-0.25, -0.2) is 13.8 Å². The lowest BCUT2D eigenvalue weighted by molar-refractivity contribution is -0.306. The average molecular weight is 1340 g/mol. The molecule has 0 aromatic heterocycles. The van der Waals surface area contributed by atoms with Crippen LogP contribution in [0.25, 0.3) is 0 Å². The number of carboxylic acid groups (broad SMARTS) is 1. The maximum atomic E-state index is 15.3. The summed E-state index contributed by atoms with van der Waals surface area (Å²) in [5.74, 6) is -2.63. The second kappa shape index (κ2) is 56.0. The van der Waals surface area contributed by atoms with Crippen molar-refractivity contribution in [2.45, 2.75) is 390 Å². The van der Waals surface area contributed by atoms with E-state index in [1.165, 1.54) is 148 Å². The molecule has 0 radical (unpaired) electrons. The lowest BCUT2D eigenvalue weighted by Gasteiger charge is -2.47. The highest BCUT2D eigenvalue weighted by Crippen LogP contribution is 2.43. The van der Waals surface area contributed by atoms with Crippen LogP contribution in [0.1, 0.15) is 311 Å². The molecule has 2 aliphatic heterocycles. The van der Waals surface area contributed by atoms with Crippen LogP contribution in [-0.4, -0.2) is 167 Å². The highest BCUT2D eigenvalue weighted by Gasteiger charge is 2.53. The molecule has 2 heterocycles. The smallest absolute Gasteiger partial charge is 0.470 e. The van der Waals surface area contributed by atoms with E-state index < -0.39 is 119 Å². The van der Waals surface area contributed by atoms with E-state index in [-0.39, 0.29) is 32.2 Å². The van der Waals surface area contributed by atoms with Crippen molar-refractivity contribution in [1.29, 1.82) is 0 Å². The highest BCUT2D eigenvalue weighted by atomic mass is 31.2. The number of ether oxygens (including phenoxy) is 7. The van der Waals surface area contributed by atoms with Gasteiger partial charge >= 0.3 is 13.8 Å². The van der Waals surface area contributed by atoms with Crippen LogP contribution < -0.4 is 10.6 Å². The molecule has 544 valence electrons. The van der Waals surface area contributed by atoms with Gasteiger partial charge in [0.1, 0.15) is 62.0 Å². The van der Waals surface area contributed by atoms with Gasteiger partial charge in [0.15, 0.2) is 12.6 Å². The van der Waals surface area contributed by atoms with E-state index >= 15 is 4.39 Å². The van der Waals surface area contributed by atoms with Crippen LogP contribution in [0.5, 0.6) is 0 Å². The molecule has 0 unspecified atom stereocenters. The van der Waals surface area contributed by atoms with E-state index in [9.17, 15) is 49.2 Å². The first-order valence-corrected chi connectivity index (χ1v) is 38.5. The Balaban J connectivity index is 2.38. The molecule has 22 heteroatoms. The Hall–Kier alpha value is -1.95. The minimum atomic E-state index is -5.35. The number of nitrogens with one attached hydrogen (secondary N) is 2. The summed E-state index contributed by atoms with van der Waals surface area (Å²) >= 11 is 0. The summed E-state index contributed by atoms with van der Waals surface area (Å²) in [5.41, 5.74) is 0. The molecule has 20 nitrogen and oxygen atoms in total. The monoisotopic (exact) mass is 1340 g/mol. The molecule has 0 saturated carbocycles. The van der Waals surface area contributed by atoms with Crippen LogP contribution in [0.2, 0.25) is 0 Å². The molecule has 2 aliphatic rings. The van der Waals surface area contributed by atoms with Gasteiger partial charge in [-0.2, -0.15) is 0 Å². The van der Waals surface area contributed by atoms with Crippen LogP contribution >= 0.6 is 7.82 Å². The van der Waals surface area contributed by atoms with Crippen molar-refractivity contribution in [3.05, 3.63) is 0 Å². The Bertz CT molecular complexity index is 1830. The van der Waals surface area contributed by atoms with E-state index in [1.807, 2.05) is 0 Å². The van der Waals surface area contributed by atoms with Crippen molar-refractivity contribution >= 4 is 25.6 Å². The quantitative estimate of drug-likeness (QED) is 0.0207. The first-order chi connectivity index (χ1) is 44.5. The van der Waals surface area contributed by atoms with Crippen molar-refractivity contribution in [1.82, 2.24) is 10.6 Å². The normalized spacial score (nSPS) is 22.9. The van der Waals surface area contributed by atoms with Crippen molar-refractivity contribution < 1.29 is 91.2 Å². The number of aliphatic carboxylic acids is 1. The van der Waals surface area contributed by atoms with Crippen LogP contribution in [0.15, 0.2) is 0 Å². The van der Waals surface area contributed by atoms with Crippen LogP contribution in [-0.2, 0) is 56.6 Å². The number of rotatable bonds is 63. The standard InChI is InChI=1S/C70H134FN2O18P/c1-6-10-14-18-22-26-30-34-38-42-48-84-58(45-41-37-33-29-25-21-17-13-9-4)47-50-86-68-64(72-55(5)74)70(89-59(52-71)66(68)91-92(81,82)83)87-53-60-65(80)67(85-49-46-56(75)43-39-35-31-27-23-19-15-11-7-2)63(69(90-60)88-54-62(78)79)73-61(77)51-57(76)44-40-36-32-28-24-20-16-12-8-3/h56-60,63-70,75-76,80H,6-54H2,1-5H3,(H,72,74)(H,73,77)(H,78,79)(H2,81,82,83)/t56-,57-,58-,59-,60-,63-,64-,65-,66-,67-,68-,69+,70-/m1/s1. The third kappa shape index (κ3) is 42.7. The minimum Gasteiger partial charge on any atom is -0.480 e. The molecule has 2 fully saturated rings. The van der Waals surface area contributed by atoms with Gasteiger partial charge in [-0.3, -0.25) is 14.1 Å². The molecule has 92 heavy (non-hydrogen) atoms. The SMILES string of the molecule is CCCCCCCCCCCCO[C@H](CCCCCCCCCCC)CCO[C@@H]1[C@@H](NC(C)=O)[C@H](OC[C@H]2O[C@H](OCC(=O)O)[C@H](NC(=O)C[C@H](O)CCCCCCCCCCC)[C@@H](OCC[C@H](O)CCCCCCCCCCC)[C@@H]2O)O[C@H](CF)[C@H]1OP(=O)(O)O. The maximum absolute atomic E-state index is 15.3. The maximum Gasteiger partial charge on any atom is 0.470 e. The minimum absolute atomic E-state index is 0.0447. The Labute approximate surface area is 555 Å². The van der Waals surface area contributed by atoms with Crippen LogP contribution in [0, 0.1) is 0 Å². The Morgan fingerprint density at radius 2 is 0.902 bits per heavy atom. The molecular weight excluding hydrogens is 1210 g/mol. The number of alkyl halides is 1. The summed E-state index contributed by atoms with van der Waals surface area (Å²) in [4.78, 5) is 59.2. The number of carbonyl (C=O) groups excluding carboxylic acids is 2. The van der Waals surface area contributed by atoms with Gasteiger partial charge in [0.05, 0.1) is 31.3 Å². The average Bonchev–Trinajstić information content (AvgIpc) is 0.803.